The van der Waals surface area contributed by atoms with Gasteiger partial charge in [0.2, 0.25) is 0 Å². The number of hydrogen-bond donors (Lipinski definition) is 2. The number of benzene rings is 3. The summed E-state index contributed by atoms with van der Waals surface area (Å²) >= 11 is 10.2. The third-order valence-electron chi connectivity index (χ3n) is 5.74. The Morgan fingerprint density at radius 2 is 1.66 bits per heavy atom. The van der Waals surface area contributed by atoms with Crippen LogP contribution in [0.4, 0.5) is 16.2 Å². The van der Waals surface area contributed by atoms with Crippen LogP contribution in [0, 0.1) is 13.8 Å². The number of aryl methyl sites for hydroxylation is 1. The summed E-state index contributed by atoms with van der Waals surface area (Å²) in [6.45, 7) is 3.65. The number of hydrogen-bond acceptors (Lipinski definition) is 5. The molecule has 3 aromatic carbocycles. The lowest BCUT2D eigenvalue weighted by molar-refractivity contribution is -0.122. The zero-order valence-electron chi connectivity index (χ0n) is 20.1. The molecule has 8 nitrogen and oxygen atoms in total. The van der Waals surface area contributed by atoms with Gasteiger partial charge in [-0.15, -0.1) is 0 Å². The van der Waals surface area contributed by atoms with Gasteiger partial charge in [0.15, 0.2) is 6.61 Å². The zero-order valence-corrected chi connectivity index (χ0v) is 24.9. The average molecular weight is 706 g/mol. The van der Waals surface area contributed by atoms with Crippen molar-refractivity contribution >= 4 is 89.0 Å². The molecule has 1 aliphatic rings. The number of carbonyl (C=O) groups excluding carboxylic acids is 4. The van der Waals surface area contributed by atoms with E-state index in [1.807, 2.05) is 32.0 Å². The van der Waals surface area contributed by atoms with Crippen LogP contribution in [0.1, 0.15) is 16.7 Å². The lowest BCUT2D eigenvalue weighted by Gasteiger charge is -2.26. The Hall–Kier alpha value is -3.28. The van der Waals surface area contributed by atoms with Gasteiger partial charge in [-0.2, -0.15) is 0 Å². The van der Waals surface area contributed by atoms with Gasteiger partial charge in [0.25, 0.3) is 17.7 Å². The summed E-state index contributed by atoms with van der Waals surface area (Å²) < 4.78 is 7.48. The van der Waals surface area contributed by atoms with Gasteiger partial charge in [0.1, 0.15) is 11.3 Å². The summed E-state index contributed by atoms with van der Waals surface area (Å²) in [5.41, 5.74) is 3.34. The number of imide groups is 2. The number of carbonyl (C=O) groups is 4. The van der Waals surface area contributed by atoms with Crippen molar-refractivity contribution < 1.29 is 23.9 Å². The second-order valence-electron chi connectivity index (χ2n) is 8.33. The summed E-state index contributed by atoms with van der Waals surface area (Å²) in [7, 11) is 0. The second-order valence-corrected chi connectivity index (χ2v) is 11.0. The Bertz CT molecular complexity index is 1480. The number of anilines is 2. The molecule has 38 heavy (non-hydrogen) atoms. The SMILES string of the molecule is Cc1cccc(NC(=O)COc2c(Br)cc(/C=C3\C(=O)NC(=O)N(c4ccc(Br)cc4)C3=O)cc2Br)c1C. The molecule has 1 aliphatic heterocycles. The van der Waals surface area contributed by atoms with E-state index in [9.17, 15) is 19.2 Å². The Labute approximate surface area is 243 Å². The van der Waals surface area contributed by atoms with Crippen molar-refractivity contribution in [2.75, 3.05) is 16.8 Å². The van der Waals surface area contributed by atoms with Crippen molar-refractivity contribution in [3.63, 3.8) is 0 Å². The van der Waals surface area contributed by atoms with Crippen LogP contribution in [0.25, 0.3) is 6.08 Å². The minimum atomic E-state index is -0.829. The quantitative estimate of drug-likeness (QED) is 0.232. The lowest BCUT2D eigenvalue weighted by atomic mass is 10.1. The van der Waals surface area contributed by atoms with Crippen LogP contribution >= 0.6 is 47.8 Å². The van der Waals surface area contributed by atoms with Crippen LogP contribution in [0.2, 0.25) is 0 Å². The summed E-state index contributed by atoms with van der Waals surface area (Å²) in [6, 6.07) is 14.6. The molecule has 1 heterocycles. The van der Waals surface area contributed by atoms with Gasteiger partial charge < -0.3 is 10.1 Å². The minimum absolute atomic E-state index is 0.215. The van der Waals surface area contributed by atoms with Crippen LogP contribution in [-0.4, -0.2) is 30.4 Å². The third-order valence-corrected chi connectivity index (χ3v) is 7.45. The highest BCUT2D eigenvalue weighted by Crippen LogP contribution is 2.36. The van der Waals surface area contributed by atoms with E-state index >= 15 is 0 Å². The maximum atomic E-state index is 13.1. The normalized spacial score (nSPS) is 14.5. The second kappa shape index (κ2) is 11.6. The summed E-state index contributed by atoms with van der Waals surface area (Å²) in [5, 5.41) is 5.04. The minimum Gasteiger partial charge on any atom is -0.481 e. The molecular weight excluding hydrogens is 686 g/mol. The Kier molecular flexibility index (Phi) is 8.49. The highest BCUT2D eigenvalue weighted by Gasteiger charge is 2.36. The highest BCUT2D eigenvalue weighted by atomic mass is 79.9. The molecule has 5 amide bonds. The highest BCUT2D eigenvalue weighted by molar-refractivity contribution is 9.11. The lowest BCUT2D eigenvalue weighted by Crippen LogP contribution is -2.54. The monoisotopic (exact) mass is 703 g/mol. The van der Waals surface area contributed by atoms with Gasteiger partial charge in [0, 0.05) is 10.2 Å². The van der Waals surface area contributed by atoms with Gasteiger partial charge in [0.05, 0.1) is 14.6 Å². The molecule has 4 rings (SSSR count). The summed E-state index contributed by atoms with van der Waals surface area (Å²) in [5.74, 6) is -1.51. The summed E-state index contributed by atoms with van der Waals surface area (Å²) in [4.78, 5) is 51.4. The van der Waals surface area contributed by atoms with Crippen molar-refractivity contribution in [2.45, 2.75) is 13.8 Å². The smallest absolute Gasteiger partial charge is 0.335 e. The predicted octanol–water partition coefficient (Wildman–Crippen LogP) is 6.27. The molecule has 0 aromatic heterocycles. The van der Waals surface area contributed by atoms with Crippen LogP contribution in [0.5, 0.6) is 5.75 Å². The van der Waals surface area contributed by atoms with E-state index < -0.39 is 17.8 Å². The molecule has 11 heteroatoms. The molecule has 0 radical (unpaired) electrons. The number of urea groups is 1. The van der Waals surface area contributed by atoms with Crippen molar-refractivity contribution in [1.29, 1.82) is 0 Å². The maximum absolute atomic E-state index is 13.1. The molecule has 1 fully saturated rings. The number of halogens is 3. The molecule has 0 unspecified atom stereocenters. The van der Waals surface area contributed by atoms with Crippen molar-refractivity contribution in [3.8, 4) is 5.75 Å². The molecule has 0 spiro atoms. The number of ether oxygens (including phenoxy) is 1. The molecule has 0 atom stereocenters. The van der Waals surface area contributed by atoms with Crippen molar-refractivity contribution in [1.82, 2.24) is 5.32 Å². The molecular formula is C27H20Br3N3O5. The van der Waals surface area contributed by atoms with Gasteiger partial charge in [-0.3, -0.25) is 19.7 Å². The third kappa shape index (κ3) is 6.06. The summed E-state index contributed by atoms with van der Waals surface area (Å²) in [6.07, 6.45) is 1.38. The Balaban J connectivity index is 1.52. The van der Waals surface area contributed by atoms with Gasteiger partial charge in [-0.05, 0) is 111 Å². The van der Waals surface area contributed by atoms with E-state index in [0.29, 0.717) is 31.6 Å². The number of barbiturate groups is 1. The number of rotatable bonds is 6. The van der Waals surface area contributed by atoms with Crippen LogP contribution in [0.15, 0.2) is 73.6 Å². The maximum Gasteiger partial charge on any atom is 0.335 e. The van der Waals surface area contributed by atoms with E-state index in [1.165, 1.54) is 6.08 Å². The van der Waals surface area contributed by atoms with E-state index in [1.54, 1.807) is 36.4 Å². The Morgan fingerprint density at radius 1 is 1.00 bits per heavy atom. The van der Waals surface area contributed by atoms with Crippen molar-refractivity contribution in [3.05, 3.63) is 90.3 Å². The molecule has 2 N–H and O–H groups in total. The van der Waals surface area contributed by atoms with E-state index in [4.69, 9.17) is 4.74 Å². The number of amides is 5. The first kappa shape index (κ1) is 27.7. The van der Waals surface area contributed by atoms with Gasteiger partial charge in [-0.25, -0.2) is 9.69 Å². The van der Waals surface area contributed by atoms with E-state index in [-0.39, 0.29) is 18.1 Å². The molecule has 0 bridgehead atoms. The fraction of sp³-hybridized carbons (Fsp3) is 0.111. The molecule has 0 saturated carbocycles. The van der Waals surface area contributed by atoms with Crippen LogP contribution < -0.4 is 20.3 Å². The molecule has 0 aliphatic carbocycles. The fourth-order valence-electron chi connectivity index (χ4n) is 3.66. The Morgan fingerprint density at radius 3 is 2.32 bits per heavy atom. The standard InChI is InChI=1S/C27H20Br3N3O5/c1-14-4-3-5-22(15(14)2)31-23(34)13-38-24-20(29)11-16(12-21(24)30)10-19-25(35)32-27(37)33(26(19)36)18-8-6-17(28)7-9-18/h3-12H,13H2,1-2H3,(H,31,34)(H,32,35,37)/b19-10+. The van der Waals surface area contributed by atoms with Crippen LogP contribution in [-0.2, 0) is 14.4 Å². The average Bonchev–Trinajstić information content (AvgIpc) is 2.85. The predicted molar refractivity (Wildman–Crippen MR) is 155 cm³/mol. The molecule has 194 valence electrons. The van der Waals surface area contributed by atoms with Crippen molar-refractivity contribution in [2.24, 2.45) is 0 Å². The fourth-order valence-corrected chi connectivity index (χ4v) is 5.38. The first-order chi connectivity index (χ1) is 18.0. The first-order valence-corrected chi connectivity index (χ1v) is 13.6. The van der Waals surface area contributed by atoms with Gasteiger partial charge in [-0.1, -0.05) is 28.1 Å². The van der Waals surface area contributed by atoms with E-state index in [0.717, 1.165) is 20.5 Å². The number of nitrogens with zero attached hydrogens (tertiary/aromatic N) is 1. The first-order valence-electron chi connectivity index (χ1n) is 11.2. The zero-order chi connectivity index (χ0) is 27.6. The molecule has 3 aromatic rings. The number of nitrogens with one attached hydrogen (secondary N) is 2. The van der Waals surface area contributed by atoms with Crippen LogP contribution in [0.3, 0.4) is 0 Å². The van der Waals surface area contributed by atoms with Gasteiger partial charge >= 0.3 is 6.03 Å². The topological polar surface area (TPSA) is 105 Å². The largest absolute Gasteiger partial charge is 0.481 e. The van der Waals surface area contributed by atoms with E-state index in [2.05, 4.69) is 58.4 Å². The molecule has 1 saturated heterocycles.